The van der Waals surface area contributed by atoms with Gasteiger partial charge >= 0.3 is 0 Å². The van der Waals surface area contributed by atoms with Gasteiger partial charge in [-0.25, -0.2) is 0 Å². The van der Waals surface area contributed by atoms with Crippen LogP contribution >= 0.6 is 0 Å². The molecular weight excluding hydrogens is 350 g/mol. The average Bonchev–Trinajstić information content (AvgIpc) is 3.22. The van der Waals surface area contributed by atoms with Crippen LogP contribution in [0, 0.1) is 17.8 Å². The Morgan fingerprint density at radius 1 is 1.21 bits per heavy atom. The number of Topliss-reactive ketones (excluding diaryl/α,β-unsaturated/α-hetero) is 1. The predicted octanol–water partition coefficient (Wildman–Crippen LogP) is 4.70. The standard InChI is InChI=1S/C24H25NO3/c1-16-7-5-10-18-13-20(24(27)25-22(16)18)14-19(15-21-11-6-12-28-21)23(26)17-8-3-2-4-9-17/h2-9,11-12,18-20H,10,13-15H2,1H3,(H,25,27). The SMILES string of the molecule is CC1=C2NC(=O)C(CC(Cc3ccco3)C(=O)c3ccccc3)CC2CC=C1. The van der Waals surface area contributed by atoms with Gasteiger partial charge < -0.3 is 9.73 Å². The molecule has 0 spiro atoms. The number of fused-ring (bicyclic) bond motifs is 1. The van der Waals surface area contributed by atoms with Crippen molar-refractivity contribution in [1.82, 2.24) is 5.32 Å². The van der Waals surface area contributed by atoms with Crippen molar-refractivity contribution in [2.24, 2.45) is 17.8 Å². The minimum atomic E-state index is -0.282. The number of amides is 1. The van der Waals surface area contributed by atoms with Gasteiger partial charge in [0.2, 0.25) is 5.91 Å². The maximum atomic E-state index is 13.2. The van der Waals surface area contributed by atoms with Crippen molar-refractivity contribution in [1.29, 1.82) is 0 Å². The lowest BCUT2D eigenvalue weighted by atomic mass is 9.76. The van der Waals surface area contributed by atoms with Gasteiger partial charge in [0.15, 0.2) is 5.78 Å². The number of furan rings is 1. The van der Waals surface area contributed by atoms with Crippen molar-refractivity contribution in [2.75, 3.05) is 0 Å². The zero-order chi connectivity index (χ0) is 19.5. The zero-order valence-corrected chi connectivity index (χ0v) is 16.1. The molecule has 144 valence electrons. The summed E-state index contributed by atoms with van der Waals surface area (Å²) >= 11 is 0. The Balaban J connectivity index is 1.54. The van der Waals surface area contributed by atoms with E-state index in [0.717, 1.165) is 29.9 Å². The highest BCUT2D eigenvalue weighted by Crippen LogP contribution is 2.36. The van der Waals surface area contributed by atoms with E-state index >= 15 is 0 Å². The third-order valence-corrected chi connectivity index (χ3v) is 5.85. The molecule has 4 nitrogen and oxygen atoms in total. The molecule has 1 aliphatic carbocycles. The molecule has 4 rings (SSSR count). The number of ketones is 1. The quantitative estimate of drug-likeness (QED) is 0.745. The Morgan fingerprint density at radius 3 is 2.79 bits per heavy atom. The molecule has 2 aliphatic rings. The van der Waals surface area contributed by atoms with Crippen LogP contribution in [0.5, 0.6) is 0 Å². The molecule has 0 saturated carbocycles. The van der Waals surface area contributed by atoms with E-state index in [2.05, 4.69) is 17.5 Å². The van der Waals surface area contributed by atoms with Crippen LogP contribution in [0.2, 0.25) is 0 Å². The van der Waals surface area contributed by atoms with Gasteiger partial charge in [0.05, 0.1) is 6.26 Å². The first kappa shape index (κ1) is 18.5. The molecule has 4 heteroatoms. The molecule has 2 heterocycles. The summed E-state index contributed by atoms with van der Waals surface area (Å²) < 4.78 is 5.50. The molecule has 1 aromatic heterocycles. The van der Waals surface area contributed by atoms with Crippen LogP contribution in [0.25, 0.3) is 0 Å². The summed E-state index contributed by atoms with van der Waals surface area (Å²) in [6, 6.07) is 13.1. The molecule has 0 radical (unpaired) electrons. The highest BCUT2D eigenvalue weighted by Gasteiger charge is 2.36. The van der Waals surface area contributed by atoms with Crippen LogP contribution in [0.4, 0.5) is 0 Å². The van der Waals surface area contributed by atoms with Gasteiger partial charge in [0, 0.05) is 35.4 Å². The molecule has 1 amide bonds. The second-order valence-electron chi connectivity index (χ2n) is 7.80. The van der Waals surface area contributed by atoms with E-state index in [1.54, 1.807) is 6.26 Å². The summed E-state index contributed by atoms with van der Waals surface area (Å²) in [7, 11) is 0. The fourth-order valence-electron chi connectivity index (χ4n) is 4.38. The second kappa shape index (κ2) is 8.01. The van der Waals surface area contributed by atoms with Crippen LogP contribution in [0.1, 0.15) is 42.3 Å². The molecule has 1 aromatic carbocycles. The fraction of sp³-hybridized carbons (Fsp3) is 0.333. The number of carbonyl (C=O) groups is 2. The first-order valence-electron chi connectivity index (χ1n) is 9.91. The number of rotatable bonds is 6. The molecule has 28 heavy (non-hydrogen) atoms. The Kier molecular flexibility index (Phi) is 5.29. The van der Waals surface area contributed by atoms with Gasteiger partial charge in [0.1, 0.15) is 5.76 Å². The van der Waals surface area contributed by atoms with E-state index in [1.807, 2.05) is 49.4 Å². The summed E-state index contributed by atoms with van der Waals surface area (Å²) in [5.74, 6) is 0.777. The van der Waals surface area contributed by atoms with Crippen LogP contribution in [0.3, 0.4) is 0 Å². The van der Waals surface area contributed by atoms with Gasteiger partial charge in [-0.15, -0.1) is 0 Å². The lowest BCUT2D eigenvalue weighted by Crippen LogP contribution is -2.42. The number of hydrogen-bond donors (Lipinski definition) is 1. The van der Waals surface area contributed by atoms with Crippen LogP contribution in [-0.2, 0) is 11.2 Å². The molecule has 3 atom stereocenters. The highest BCUT2D eigenvalue weighted by molar-refractivity contribution is 5.98. The van der Waals surface area contributed by atoms with Crippen molar-refractivity contribution >= 4 is 11.7 Å². The van der Waals surface area contributed by atoms with E-state index in [-0.39, 0.29) is 23.5 Å². The third kappa shape index (κ3) is 3.86. The second-order valence-corrected chi connectivity index (χ2v) is 7.80. The van der Waals surface area contributed by atoms with Crippen molar-refractivity contribution in [3.63, 3.8) is 0 Å². The van der Waals surface area contributed by atoms with Gasteiger partial charge in [-0.3, -0.25) is 9.59 Å². The maximum Gasteiger partial charge on any atom is 0.227 e. The van der Waals surface area contributed by atoms with Crippen molar-refractivity contribution in [2.45, 2.75) is 32.6 Å². The largest absolute Gasteiger partial charge is 0.469 e. The summed E-state index contributed by atoms with van der Waals surface area (Å²) in [5, 5.41) is 3.12. The molecule has 2 aromatic rings. The molecule has 1 aliphatic heterocycles. The number of piperidine rings is 1. The molecule has 1 N–H and O–H groups in total. The lowest BCUT2D eigenvalue weighted by Gasteiger charge is -2.35. The van der Waals surface area contributed by atoms with Gasteiger partial charge in [-0.2, -0.15) is 0 Å². The van der Waals surface area contributed by atoms with Gasteiger partial charge in [0.25, 0.3) is 0 Å². The first-order valence-corrected chi connectivity index (χ1v) is 9.91. The number of benzene rings is 1. The maximum absolute atomic E-state index is 13.2. The van der Waals surface area contributed by atoms with Crippen LogP contribution < -0.4 is 5.32 Å². The molecular formula is C24H25NO3. The molecule has 0 bridgehead atoms. The third-order valence-electron chi connectivity index (χ3n) is 5.85. The Labute approximate surface area is 165 Å². The molecule has 3 unspecified atom stereocenters. The van der Waals surface area contributed by atoms with E-state index in [4.69, 9.17) is 4.42 Å². The fourth-order valence-corrected chi connectivity index (χ4v) is 4.38. The van der Waals surface area contributed by atoms with E-state index < -0.39 is 0 Å². The van der Waals surface area contributed by atoms with Gasteiger partial charge in [-0.1, -0.05) is 42.5 Å². The van der Waals surface area contributed by atoms with Crippen LogP contribution in [-0.4, -0.2) is 11.7 Å². The van der Waals surface area contributed by atoms with Gasteiger partial charge in [-0.05, 0) is 43.9 Å². The molecule has 1 fully saturated rings. The first-order chi connectivity index (χ1) is 13.6. The summed E-state index contributed by atoms with van der Waals surface area (Å²) in [5.41, 5.74) is 2.88. The molecule has 1 saturated heterocycles. The van der Waals surface area contributed by atoms with Crippen molar-refractivity contribution < 1.29 is 14.0 Å². The Bertz CT molecular complexity index is 909. The average molecular weight is 375 g/mol. The monoisotopic (exact) mass is 375 g/mol. The highest BCUT2D eigenvalue weighted by atomic mass is 16.3. The Morgan fingerprint density at radius 2 is 2.04 bits per heavy atom. The normalized spacial score (nSPS) is 22.5. The van der Waals surface area contributed by atoms with Crippen LogP contribution in [0.15, 0.2) is 76.6 Å². The zero-order valence-electron chi connectivity index (χ0n) is 16.1. The Hall–Kier alpha value is -2.88. The van der Waals surface area contributed by atoms with Crippen molar-refractivity contribution in [3.05, 3.63) is 83.5 Å². The van der Waals surface area contributed by atoms with Crippen molar-refractivity contribution in [3.8, 4) is 0 Å². The number of nitrogens with one attached hydrogen (secondary N) is 1. The number of hydrogen-bond acceptors (Lipinski definition) is 3. The topological polar surface area (TPSA) is 59.3 Å². The van der Waals surface area contributed by atoms with E-state index in [9.17, 15) is 9.59 Å². The smallest absolute Gasteiger partial charge is 0.227 e. The summed E-state index contributed by atoms with van der Waals surface area (Å²) in [6.07, 6.45) is 8.65. The predicted molar refractivity (Wildman–Crippen MR) is 107 cm³/mol. The van der Waals surface area contributed by atoms with E-state index in [0.29, 0.717) is 24.3 Å². The minimum absolute atomic E-state index is 0.0335. The summed E-state index contributed by atoms with van der Waals surface area (Å²) in [4.78, 5) is 26.0. The lowest BCUT2D eigenvalue weighted by molar-refractivity contribution is -0.126. The minimum Gasteiger partial charge on any atom is -0.469 e. The van der Waals surface area contributed by atoms with E-state index in [1.165, 1.54) is 0 Å². The number of carbonyl (C=O) groups excluding carboxylic acids is 2. The number of allylic oxidation sites excluding steroid dienone is 4. The summed E-state index contributed by atoms with van der Waals surface area (Å²) in [6.45, 7) is 2.04.